The van der Waals surface area contributed by atoms with Crippen LogP contribution in [0.3, 0.4) is 0 Å². The van der Waals surface area contributed by atoms with E-state index in [1.165, 1.54) is 0 Å². The van der Waals surface area contributed by atoms with Crippen molar-refractivity contribution >= 4 is 0 Å². The third-order valence-electron chi connectivity index (χ3n) is 2.62. The third-order valence-corrected chi connectivity index (χ3v) is 2.62. The lowest BCUT2D eigenvalue weighted by Crippen LogP contribution is -2.21. The Morgan fingerprint density at radius 1 is 1.39 bits per heavy atom. The van der Waals surface area contributed by atoms with E-state index in [2.05, 4.69) is 16.6 Å². The summed E-state index contributed by atoms with van der Waals surface area (Å²) in [5.41, 5.74) is 0.765. The van der Waals surface area contributed by atoms with Crippen LogP contribution in [0, 0.1) is 0 Å². The normalized spacial score (nSPS) is 12.4. The number of nitrogens with one attached hydrogen (secondary N) is 1. The van der Waals surface area contributed by atoms with E-state index in [9.17, 15) is 8.78 Å². The van der Waals surface area contributed by atoms with Crippen LogP contribution in [0.25, 0.3) is 0 Å². The maximum Gasteiger partial charge on any atom is 0.387 e. The van der Waals surface area contributed by atoms with Gasteiger partial charge in [0.25, 0.3) is 0 Å². The molecule has 2 nitrogen and oxygen atoms in total. The average Bonchev–Trinajstić information content (AvgIpc) is 2.35. The molecule has 0 aliphatic rings. The van der Waals surface area contributed by atoms with Crippen molar-refractivity contribution in [3.05, 3.63) is 42.5 Å². The van der Waals surface area contributed by atoms with Crippen LogP contribution in [0.15, 0.2) is 36.9 Å². The minimum atomic E-state index is -2.80. The van der Waals surface area contributed by atoms with Crippen molar-refractivity contribution in [1.29, 1.82) is 0 Å². The first-order chi connectivity index (χ1) is 8.69. The van der Waals surface area contributed by atoms with Crippen molar-refractivity contribution in [3.8, 4) is 5.75 Å². The SMILES string of the molecule is C=CCCC(NCC)c1ccccc1OC(F)F. The van der Waals surface area contributed by atoms with E-state index in [1.807, 2.05) is 25.1 Å². The molecule has 0 aromatic heterocycles. The maximum absolute atomic E-state index is 12.3. The highest BCUT2D eigenvalue weighted by Crippen LogP contribution is 2.29. The summed E-state index contributed by atoms with van der Waals surface area (Å²) in [6.45, 7) is 3.63. The lowest BCUT2D eigenvalue weighted by molar-refractivity contribution is -0.0507. The van der Waals surface area contributed by atoms with Crippen molar-refractivity contribution in [2.45, 2.75) is 32.4 Å². The second kappa shape index (κ2) is 7.82. The summed E-state index contributed by atoms with van der Waals surface area (Å²) in [5.74, 6) is 0.238. The van der Waals surface area contributed by atoms with Crippen LogP contribution in [-0.4, -0.2) is 13.2 Å². The fourth-order valence-corrected chi connectivity index (χ4v) is 1.87. The standard InChI is InChI=1S/C14H19F2NO/c1-3-5-9-12(17-4-2)11-8-6-7-10-13(11)18-14(15)16/h3,6-8,10,12,14,17H,1,4-5,9H2,2H3. The van der Waals surface area contributed by atoms with Crippen molar-refractivity contribution < 1.29 is 13.5 Å². The largest absolute Gasteiger partial charge is 0.434 e. The molecule has 1 aromatic rings. The fourth-order valence-electron chi connectivity index (χ4n) is 1.87. The Labute approximate surface area is 107 Å². The van der Waals surface area contributed by atoms with Crippen molar-refractivity contribution in [1.82, 2.24) is 5.32 Å². The van der Waals surface area contributed by atoms with Crippen LogP contribution in [0.5, 0.6) is 5.75 Å². The van der Waals surface area contributed by atoms with Gasteiger partial charge >= 0.3 is 6.61 Å². The number of allylic oxidation sites excluding steroid dienone is 1. The van der Waals surface area contributed by atoms with Gasteiger partial charge in [-0.2, -0.15) is 8.78 Å². The van der Waals surface area contributed by atoms with Gasteiger partial charge in [0.2, 0.25) is 0 Å². The summed E-state index contributed by atoms with van der Waals surface area (Å²) >= 11 is 0. The average molecular weight is 255 g/mol. The van der Waals surface area contributed by atoms with E-state index in [4.69, 9.17) is 0 Å². The molecule has 1 atom stereocenters. The van der Waals surface area contributed by atoms with Crippen LogP contribution in [0.1, 0.15) is 31.4 Å². The zero-order valence-electron chi connectivity index (χ0n) is 10.5. The summed E-state index contributed by atoms with van der Waals surface area (Å²) < 4.78 is 29.2. The fraction of sp³-hybridized carbons (Fsp3) is 0.429. The molecule has 18 heavy (non-hydrogen) atoms. The monoisotopic (exact) mass is 255 g/mol. The van der Waals surface area contributed by atoms with Gasteiger partial charge in [0.15, 0.2) is 0 Å². The molecule has 4 heteroatoms. The minimum absolute atomic E-state index is 0.00273. The number of hydrogen-bond acceptors (Lipinski definition) is 2. The number of hydrogen-bond donors (Lipinski definition) is 1. The number of rotatable bonds is 8. The van der Waals surface area contributed by atoms with Crippen LogP contribution in [-0.2, 0) is 0 Å². The maximum atomic E-state index is 12.3. The van der Waals surface area contributed by atoms with Gasteiger partial charge in [0.05, 0.1) is 0 Å². The molecule has 0 amide bonds. The zero-order valence-corrected chi connectivity index (χ0v) is 10.5. The van der Waals surface area contributed by atoms with Gasteiger partial charge in [0, 0.05) is 11.6 Å². The molecule has 0 aliphatic carbocycles. The van der Waals surface area contributed by atoms with Crippen molar-refractivity contribution in [2.75, 3.05) is 6.54 Å². The summed E-state index contributed by atoms with van der Waals surface area (Å²) in [4.78, 5) is 0. The zero-order chi connectivity index (χ0) is 13.4. The Hall–Kier alpha value is -1.42. The number of benzene rings is 1. The number of alkyl halides is 2. The predicted octanol–water partition coefficient (Wildman–Crippen LogP) is 3.90. The first-order valence-electron chi connectivity index (χ1n) is 6.07. The highest BCUT2D eigenvalue weighted by atomic mass is 19.3. The second-order valence-corrected chi connectivity index (χ2v) is 3.89. The first-order valence-corrected chi connectivity index (χ1v) is 6.07. The second-order valence-electron chi connectivity index (χ2n) is 3.89. The Bertz CT molecular complexity index is 369. The number of para-hydroxylation sites is 1. The molecule has 0 aliphatic heterocycles. The number of halogens is 2. The van der Waals surface area contributed by atoms with Gasteiger partial charge in [-0.25, -0.2) is 0 Å². The molecule has 1 N–H and O–H groups in total. The van der Waals surface area contributed by atoms with Crippen LogP contribution in [0.4, 0.5) is 8.78 Å². The molecular formula is C14H19F2NO. The van der Waals surface area contributed by atoms with Crippen LogP contribution in [0.2, 0.25) is 0 Å². The summed E-state index contributed by atoms with van der Waals surface area (Å²) in [6.07, 6.45) is 3.45. The van der Waals surface area contributed by atoms with Gasteiger partial charge in [-0.15, -0.1) is 6.58 Å². The summed E-state index contributed by atoms with van der Waals surface area (Å²) in [5, 5.41) is 3.27. The highest BCUT2D eigenvalue weighted by Gasteiger charge is 2.16. The van der Waals surface area contributed by atoms with E-state index in [-0.39, 0.29) is 11.8 Å². The lowest BCUT2D eigenvalue weighted by atomic mass is 10.0. The van der Waals surface area contributed by atoms with Gasteiger partial charge in [0.1, 0.15) is 5.75 Å². The number of ether oxygens (including phenoxy) is 1. The van der Waals surface area contributed by atoms with Crippen molar-refractivity contribution in [2.24, 2.45) is 0 Å². The molecule has 0 heterocycles. The Morgan fingerprint density at radius 3 is 2.72 bits per heavy atom. The molecule has 0 spiro atoms. The molecule has 1 aromatic carbocycles. The summed E-state index contributed by atoms with van der Waals surface area (Å²) in [7, 11) is 0. The highest BCUT2D eigenvalue weighted by molar-refractivity contribution is 5.36. The lowest BCUT2D eigenvalue weighted by Gasteiger charge is -2.20. The van der Waals surface area contributed by atoms with E-state index in [0.29, 0.717) is 0 Å². The van der Waals surface area contributed by atoms with Gasteiger partial charge < -0.3 is 10.1 Å². The van der Waals surface area contributed by atoms with E-state index < -0.39 is 6.61 Å². The quantitative estimate of drug-likeness (QED) is 0.711. The van der Waals surface area contributed by atoms with E-state index in [0.717, 1.165) is 24.9 Å². The van der Waals surface area contributed by atoms with Gasteiger partial charge in [-0.3, -0.25) is 0 Å². The Kier molecular flexibility index (Phi) is 6.36. The topological polar surface area (TPSA) is 21.3 Å². The van der Waals surface area contributed by atoms with Gasteiger partial charge in [-0.1, -0.05) is 31.2 Å². The molecular weight excluding hydrogens is 236 g/mol. The Morgan fingerprint density at radius 2 is 2.11 bits per heavy atom. The molecule has 0 bridgehead atoms. The summed E-state index contributed by atoms with van der Waals surface area (Å²) in [6, 6.07) is 6.90. The van der Waals surface area contributed by atoms with Gasteiger partial charge in [-0.05, 0) is 25.5 Å². The molecule has 0 saturated heterocycles. The molecule has 0 fully saturated rings. The van der Waals surface area contributed by atoms with Crippen LogP contribution >= 0.6 is 0 Å². The minimum Gasteiger partial charge on any atom is -0.434 e. The van der Waals surface area contributed by atoms with E-state index >= 15 is 0 Å². The molecule has 0 radical (unpaired) electrons. The molecule has 1 unspecified atom stereocenters. The Balaban J connectivity index is 2.90. The third kappa shape index (κ3) is 4.45. The van der Waals surface area contributed by atoms with Crippen LogP contribution < -0.4 is 10.1 Å². The smallest absolute Gasteiger partial charge is 0.387 e. The first kappa shape index (κ1) is 14.6. The molecule has 1 rings (SSSR count). The molecule has 0 saturated carbocycles. The molecule has 100 valence electrons. The van der Waals surface area contributed by atoms with E-state index in [1.54, 1.807) is 12.1 Å². The predicted molar refractivity (Wildman–Crippen MR) is 68.9 cm³/mol. The van der Waals surface area contributed by atoms with Crippen molar-refractivity contribution in [3.63, 3.8) is 0 Å².